The van der Waals surface area contributed by atoms with E-state index >= 15 is 0 Å². The van der Waals surface area contributed by atoms with Gasteiger partial charge >= 0.3 is 0 Å². The summed E-state index contributed by atoms with van der Waals surface area (Å²) in [5.41, 5.74) is 4.83. The van der Waals surface area contributed by atoms with Gasteiger partial charge in [0.25, 0.3) is 0 Å². The summed E-state index contributed by atoms with van der Waals surface area (Å²) in [5, 5.41) is 0. The Morgan fingerprint density at radius 1 is 0.720 bits per heavy atom. The zero-order chi connectivity index (χ0) is 17.1. The van der Waals surface area contributed by atoms with Crippen LogP contribution in [0.5, 0.6) is 5.75 Å². The first-order valence-electron chi connectivity index (χ1n) is 8.16. The molecule has 3 aromatic carbocycles. The predicted molar refractivity (Wildman–Crippen MR) is 103 cm³/mol. The molecular weight excluding hydrogens is 326 g/mol. The third kappa shape index (κ3) is 3.19. The van der Waals surface area contributed by atoms with Gasteiger partial charge in [-0.2, -0.15) is 0 Å². The fourth-order valence-corrected chi connectivity index (χ4v) is 3.92. The number of hydrogen-bond acceptors (Lipinski definition) is 2. The molecule has 0 amide bonds. The van der Waals surface area contributed by atoms with E-state index in [9.17, 15) is 0 Å². The second-order valence-electron chi connectivity index (χ2n) is 5.72. The molecule has 3 heteroatoms. The van der Waals surface area contributed by atoms with Gasteiger partial charge in [-0.3, -0.25) is 0 Å². The van der Waals surface area contributed by atoms with E-state index < -0.39 is 0 Å². The van der Waals surface area contributed by atoms with Gasteiger partial charge in [-0.25, -0.2) is 0 Å². The molecule has 0 aliphatic rings. The van der Waals surface area contributed by atoms with Crippen LogP contribution in [0, 0.1) is 0 Å². The molecule has 25 heavy (non-hydrogen) atoms. The molecule has 0 bridgehead atoms. The predicted octanol–water partition coefficient (Wildman–Crippen LogP) is 5.37. The minimum Gasteiger partial charge on any atom is -0.497 e. The van der Waals surface area contributed by atoms with Crippen molar-refractivity contribution in [2.75, 3.05) is 7.11 Å². The molecule has 0 saturated heterocycles. The molecule has 0 N–H and O–H groups in total. The number of benzene rings is 3. The molecule has 0 radical (unpaired) electrons. The van der Waals surface area contributed by atoms with Crippen LogP contribution in [-0.2, 0) is 0 Å². The van der Waals surface area contributed by atoms with E-state index in [1.807, 2.05) is 12.1 Å². The molecule has 122 valence electrons. The van der Waals surface area contributed by atoms with E-state index in [1.54, 1.807) is 18.6 Å². The molecular formula is C22H18NOS+. The Morgan fingerprint density at radius 3 is 1.92 bits per heavy atom. The molecule has 0 fully saturated rings. The third-order valence-electron chi connectivity index (χ3n) is 4.13. The van der Waals surface area contributed by atoms with Gasteiger partial charge in [-0.1, -0.05) is 60.7 Å². The Labute approximate surface area is 151 Å². The van der Waals surface area contributed by atoms with E-state index in [0.717, 1.165) is 11.4 Å². The normalized spacial score (nSPS) is 10.6. The Hall–Kier alpha value is -2.91. The molecule has 4 rings (SSSR count). The highest BCUT2D eigenvalue weighted by molar-refractivity contribution is 7.06. The van der Waals surface area contributed by atoms with E-state index in [2.05, 4.69) is 82.9 Å². The molecule has 2 nitrogen and oxygen atoms in total. The SMILES string of the molecule is COc1ccc(-[n+]2cc(-c3ccccc3)c(-c3ccccc3)s2)cc1. The Balaban J connectivity index is 1.86. The van der Waals surface area contributed by atoms with Gasteiger partial charge in [-0.05, 0) is 23.3 Å². The Morgan fingerprint density at radius 2 is 1.32 bits per heavy atom. The quantitative estimate of drug-likeness (QED) is 0.454. The fourth-order valence-electron chi connectivity index (χ4n) is 2.83. The second-order valence-corrected chi connectivity index (χ2v) is 6.70. The van der Waals surface area contributed by atoms with Crippen LogP contribution in [0.3, 0.4) is 0 Å². The van der Waals surface area contributed by atoms with Gasteiger partial charge in [0.2, 0.25) is 5.69 Å². The highest BCUT2D eigenvalue weighted by Gasteiger charge is 2.21. The van der Waals surface area contributed by atoms with E-state index in [-0.39, 0.29) is 0 Å². The number of ether oxygens (including phenoxy) is 1. The van der Waals surface area contributed by atoms with Crippen LogP contribution in [-0.4, -0.2) is 7.11 Å². The minimum absolute atomic E-state index is 0.868. The van der Waals surface area contributed by atoms with Crippen LogP contribution in [0.2, 0.25) is 0 Å². The van der Waals surface area contributed by atoms with Crippen molar-refractivity contribution in [2.45, 2.75) is 0 Å². The highest BCUT2D eigenvalue weighted by Crippen LogP contribution is 2.34. The highest BCUT2D eigenvalue weighted by atomic mass is 32.1. The molecule has 0 aliphatic carbocycles. The smallest absolute Gasteiger partial charge is 0.225 e. The van der Waals surface area contributed by atoms with Crippen molar-refractivity contribution in [1.82, 2.24) is 0 Å². The summed E-state index contributed by atoms with van der Waals surface area (Å²) < 4.78 is 7.48. The zero-order valence-electron chi connectivity index (χ0n) is 13.9. The molecule has 4 aromatic rings. The summed E-state index contributed by atoms with van der Waals surface area (Å²) in [5.74, 6) is 0.868. The van der Waals surface area contributed by atoms with Gasteiger partial charge in [0.05, 0.1) is 12.7 Å². The van der Waals surface area contributed by atoms with E-state index in [0.29, 0.717) is 0 Å². The van der Waals surface area contributed by atoms with Crippen molar-refractivity contribution in [3.8, 4) is 33.0 Å². The van der Waals surface area contributed by atoms with Gasteiger partial charge in [0.1, 0.15) is 22.2 Å². The number of hydrogen-bond donors (Lipinski definition) is 0. The van der Waals surface area contributed by atoms with Gasteiger partial charge < -0.3 is 4.74 Å². The lowest BCUT2D eigenvalue weighted by molar-refractivity contribution is -0.519. The third-order valence-corrected chi connectivity index (χ3v) is 5.28. The lowest BCUT2D eigenvalue weighted by atomic mass is 10.0. The molecule has 0 saturated carbocycles. The van der Waals surface area contributed by atoms with E-state index in [1.165, 1.54) is 21.6 Å². The average molecular weight is 344 g/mol. The van der Waals surface area contributed by atoms with Gasteiger partial charge in [0, 0.05) is 12.1 Å². The van der Waals surface area contributed by atoms with Gasteiger partial charge in [-0.15, -0.1) is 3.96 Å². The molecule has 1 aromatic heterocycles. The number of methoxy groups -OCH3 is 1. The molecule has 1 heterocycles. The largest absolute Gasteiger partial charge is 0.497 e. The first-order valence-corrected chi connectivity index (χ1v) is 8.94. The van der Waals surface area contributed by atoms with Crippen LogP contribution in [0.15, 0.2) is 91.1 Å². The van der Waals surface area contributed by atoms with Crippen molar-refractivity contribution in [1.29, 1.82) is 0 Å². The Bertz CT molecular complexity index is 903. The maximum absolute atomic E-state index is 5.27. The topological polar surface area (TPSA) is 13.1 Å². The number of rotatable bonds is 4. The average Bonchev–Trinajstić information content (AvgIpc) is 3.15. The molecule has 0 aliphatic heterocycles. The van der Waals surface area contributed by atoms with Gasteiger partial charge in [0.15, 0.2) is 6.20 Å². The van der Waals surface area contributed by atoms with Crippen molar-refractivity contribution in [2.24, 2.45) is 0 Å². The summed E-state index contributed by atoms with van der Waals surface area (Å²) in [4.78, 5) is 1.27. The summed E-state index contributed by atoms with van der Waals surface area (Å²) in [6.07, 6.45) is 2.21. The van der Waals surface area contributed by atoms with Crippen LogP contribution >= 0.6 is 11.5 Å². The van der Waals surface area contributed by atoms with Crippen LogP contribution in [0.4, 0.5) is 0 Å². The lowest BCUT2D eigenvalue weighted by Crippen LogP contribution is -2.23. The van der Waals surface area contributed by atoms with Crippen LogP contribution in [0.25, 0.3) is 27.3 Å². The maximum Gasteiger partial charge on any atom is 0.225 e. The zero-order valence-corrected chi connectivity index (χ0v) is 14.7. The molecule has 0 atom stereocenters. The lowest BCUT2D eigenvalue weighted by Gasteiger charge is -1.99. The maximum atomic E-state index is 5.27. The number of nitrogens with zero attached hydrogens (tertiary/aromatic N) is 1. The fraction of sp³-hybridized carbons (Fsp3) is 0.0455. The summed E-state index contributed by atoms with van der Waals surface area (Å²) in [7, 11) is 1.69. The first-order chi connectivity index (χ1) is 12.3. The molecule has 0 spiro atoms. The van der Waals surface area contributed by atoms with Crippen molar-refractivity contribution in [3.05, 3.63) is 91.1 Å². The van der Waals surface area contributed by atoms with Crippen molar-refractivity contribution in [3.63, 3.8) is 0 Å². The van der Waals surface area contributed by atoms with Crippen LogP contribution < -0.4 is 8.69 Å². The van der Waals surface area contributed by atoms with Crippen molar-refractivity contribution < 1.29 is 8.69 Å². The van der Waals surface area contributed by atoms with Crippen molar-refractivity contribution >= 4 is 11.5 Å². The first kappa shape index (κ1) is 15.6. The Kier molecular flexibility index (Phi) is 4.32. The monoisotopic (exact) mass is 344 g/mol. The number of aromatic nitrogens is 1. The standard InChI is InChI=1S/C22H18NOS/c1-24-20-14-12-19(13-15-20)23-16-21(17-8-4-2-5-9-17)22(25-23)18-10-6-3-7-11-18/h2-16H,1H3/q+1. The molecule has 0 unspecified atom stereocenters. The van der Waals surface area contributed by atoms with E-state index in [4.69, 9.17) is 4.74 Å². The summed E-state index contributed by atoms with van der Waals surface area (Å²) in [6.45, 7) is 0. The second kappa shape index (κ2) is 6.91. The van der Waals surface area contributed by atoms with Crippen LogP contribution in [0.1, 0.15) is 0 Å². The summed E-state index contributed by atoms with van der Waals surface area (Å²) >= 11 is 1.75. The summed E-state index contributed by atoms with van der Waals surface area (Å²) in [6, 6.07) is 29.2. The minimum atomic E-state index is 0.868.